The fraction of sp³-hybridized carbons (Fsp3) is 0.400. The molecule has 0 bridgehead atoms. The van der Waals surface area contributed by atoms with Crippen LogP contribution in [0.25, 0.3) is 0 Å². The third-order valence-electron chi connectivity index (χ3n) is 4.50. The second-order valence-corrected chi connectivity index (χ2v) is 6.84. The molecule has 26 heavy (non-hydrogen) atoms. The van der Waals surface area contributed by atoms with Crippen molar-refractivity contribution in [2.75, 3.05) is 38.2 Å². The number of ether oxygens (including phenoxy) is 1. The smallest absolute Gasteiger partial charge is 0.257 e. The molecule has 1 aromatic heterocycles. The third kappa shape index (κ3) is 4.47. The Hall–Kier alpha value is -2.27. The number of halogens is 1. The lowest BCUT2D eigenvalue weighted by atomic mass is 10.2. The lowest BCUT2D eigenvalue weighted by Gasteiger charge is -2.23. The highest BCUT2D eigenvalue weighted by Crippen LogP contribution is 2.24. The number of amides is 1. The van der Waals surface area contributed by atoms with Crippen molar-refractivity contribution in [3.05, 3.63) is 53.2 Å². The molecule has 1 aliphatic heterocycles. The second kappa shape index (κ2) is 8.90. The average Bonchev–Trinajstić information content (AvgIpc) is 3.20. The lowest BCUT2D eigenvalue weighted by molar-refractivity contribution is 0.0793. The molecule has 0 spiro atoms. The van der Waals surface area contributed by atoms with Crippen LogP contribution in [0.3, 0.4) is 0 Å². The van der Waals surface area contributed by atoms with Crippen LogP contribution in [-0.4, -0.2) is 49.1 Å². The molecule has 138 valence electrons. The van der Waals surface area contributed by atoms with Gasteiger partial charge in [-0.25, -0.2) is 4.98 Å². The molecule has 0 unspecified atom stereocenters. The highest BCUT2D eigenvalue weighted by molar-refractivity contribution is 6.32. The van der Waals surface area contributed by atoms with Crippen LogP contribution in [0.1, 0.15) is 29.6 Å². The van der Waals surface area contributed by atoms with E-state index in [1.807, 2.05) is 53.2 Å². The Balaban J connectivity index is 1.57. The zero-order valence-electron chi connectivity index (χ0n) is 15.0. The van der Waals surface area contributed by atoms with E-state index in [2.05, 4.69) is 4.98 Å². The first-order chi connectivity index (χ1) is 12.7. The quantitative estimate of drug-likeness (QED) is 0.691. The minimum atomic E-state index is 0.0739. The molecule has 1 aliphatic rings. The predicted octanol–water partition coefficient (Wildman–Crippen LogP) is 3.88. The van der Waals surface area contributed by atoms with Gasteiger partial charge in [0.05, 0.1) is 17.2 Å². The van der Waals surface area contributed by atoms with E-state index in [1.165, 1.54) is 0 Å². The molecule has 1 amide bonds. The zero-order valence-corrected chi connectivity index (χ0v) is 15.8. The van der Waals surface area contributed by atoms with E-state index in [9.17, 15) is 4.79 Å². The highest BCUT2D eigenvalue weighted by Gasteiger charge is 2.23. The molecule has 0 aliphatic carbocycles. The molecule has 0 atom stereocenters. The third-order valence-corrected chi connectivity index (χ3v) is 4.82. The van der Waals surface area contributed by atoms with E-state index < -0.39 is 0 Å². The van der Waals surface area contributed by atoms with Gasteiger partial charge in [-0.15, -0.1) is 0 Å². The summed E-state index contributed by atoms with van der Waals surface area (Å²) < 4.78 is 5.73. The van der Waals surface area contributed by atoms with Gasteiger partial charge in [-0.2, -0.15) is 0 Å². The Bertz CT molecular complexity index is 747. The maximum atomic E-state index is 12.7. The van der Waals surface area contributed by atoms with Gasteiger partial charge in [-0.1, -0.05) is 23.7 Å². The molecular weight excluding hydrogens is 350 g/mol. The number of anilines is 1. The van der Waals surface area contributed by atoms with Gasteiger partial charge in [-0.05, 0) is 43.5 Å². The fourth-order valence-corrected chi connectivity index (χ4v) is 3.30. The topological polar surface area (TPSA) is 45.7 Å². The zero-order chi connectivity index (χ0) is 18.4. The number of aromatic nitrogens is 1. The Morgan fingerprint density at radius 3 is 2.77 bits per heavy atom. The van der Waals surface area contributed by atoms with Gasteiger partial charge in [0.15, 0.2) is 0 Å². The maximum absolute atomic E-state index is 12.7. The summed E-state index contributed by atoms with van der Waals surface area (Å²) in [7, 11) is 1.96. The Kier molecular flexibility index (Phi) is 6.34. The van der Waals surface area contributed by atoms with E-state index in [1.54, 1.807) is 6.20 Å². The van der Waals surface area contributed by atoms with Gasteiger partial charge in [0, 0.05) is 32.9 Å². The van der Waals surface area contributed by atoms with E-state index in [0.717, 1.165) is 44.7 Å². The average molecular weight is 374 g/mol. The van der Waals surface area contributed by atoms with Crippen LogP contribution in [0.5, 0.6) is 5.75 Å². The van der Waals surface area contributed by atoms with Crippen LogP contribution < -0.4 is 9.64 Å². The molecule has 0 saturated carbocycles. The van der Waals surface area contributed by atoms with E-state index in [0.29, 0.717) is 22.9 Å². The molecule has 6 heteroatoms. The summed E-state index contributed by atoms with van der Waals surface area (Å²) in [5.74, 6) is 1.49. The summed E-state index contributed by atoms with van der Waals surface area (Å²) in [5, 5.41) is 0.615. The van der Waals surface area contributed by atoms with E-state index in [-0.39, 0.29) is 5.91 Å². The maximum Gasteiger partial charge on any atom is 0.257 e. The summed E-state index contributed by atoms with van der Waals surface area (Å²) in [6.07, 6.45) is 4.69. The molecule has 2 heterocycles. The summed E-state index contributed by atoms with van der Waals surface area (Å²) in [4.78, 5) is 21.1. The molecule has 3 rings (SSSR count). The minimum Gasteiger partial charge on any atom is -0.492 e. The van der Waals surface area contributed by atoms with Crippen molar-refractivity contribution in [1.29, 1.82) is 0 Å². The van der Waals surface area contributed by atoms with Crippen LogP contribution in [0.15, 0.2) is 42.6 Å². The number of carbonyl (C=O) groups excluding carboxylic acids is 1. The number of carbonyl (C=O) groups is 1. The number of pyridine rings is 1. The number of hydrogen-bond donors (Lipinski definition) is 0. The van der Waals surface area contributed by atoms with Gasteiger partial charge in [0.2, 0.25) is 0 Å². The highest BCUT2D eigenvalue weighted by atomic mass is 35.5. The van der Waals surface area contributed by atoms with E-state index in [4.69, 9.17) is 16.3 Å². The van der Waals surface area contributed by atoms with Crippen LogP contribution in [0.2, 0.25) is 5.02 Å². The number of rotatable bonds is 7. The van der Waals surface area contributed by atoms with Crippen molar-refractivity contribution in [1.82, 2.24) is 9.88 Å². The molecule has 0 N–H and O–H groups in total. The number of nitrogens with zero attached hydrogens (tertiary/aromatic N) is 3. The van der Waals surface area contributed by atoms with E-state index >= 15 is 0 Å². The molecular formula is C20H24ClN3O2. The second-order valence-electron chi connectivity index (χ2n) is 6.43. The summed E-state index contributed by atoms with van der Waals surface area (Å²) in [5.41, 5.74) is 0.670. The monoisotopic (exact) mass is 373 g/mol. The number of benzene rings is 1. The number of likely N-dealkylation sites (tertiary alicyclic amines) is 1. The summed E-state index contributed by atoms with van der Waals surface area (Å²) >= 11 is 6.09. The first kappa shape index (κ1) is 18.5. The SMILES string of the molecule is CN(CCCOc1ccccc1Cl)c1ncccc1C(=O)N1CCCC1. The molecule has 1 fully saturated rings. The molecule has 5 nitrogen and oxygen atoms in total. The van der Waals surface area contributed by atoms with Crippen molar-refractivity contribution in [3.63, 3.8) is 0 Å². The summed E-state index contributed by atoms with van der Waals surface area (Å²) in [6.45, 7) is 2.96. The van der Waals surface area contributed by atoms with Crippen LogP contribution >= 0.6 is 11.6 Å². The molecule has 0 radical (unpaired) electrons. The van der Waals surface area contributed by atoms with Crippen LogP contribution in [0, 0.1) is 0 Å². The minimum absolute atomic E-state index is 0.0739. The van der Waals surface area contributed by atoms with Gasteiger partial charge in [0.1, 0.15) is 11.6 Å². The number of hydrogen-bond acceptors (Lipinski definition) is 4. The van der Waals surface area contributed by atoms with Crippen LogP contribution in [-0.2, 0) is 0 Å². The normalized spacial score (nSPS) is 13.7. The number of para-hydroxylation sites is 1. The first-order valence-corrected chi connectivity index (χ1v) is 9.37. The van der Waals surface area contributed by atoms with Gasteiger partial charge >= 0.3 is 0 Å². The standard InChI is InChI=1S/C20H24ClN3O2/c1-23(12-7-15-26-18-10-3-2-9-17(18)21)19-16(8-6-11-22-19)20(25)24-13-4-5-14-24/h2-3,6,8-11H,4-5,7,12-15H2,1H3. The Morgan fingerprint density at radius 2 is 2.00 bits per heavy atom. The molecule has 1 saturated heterocycles. The largest absolute Gasteiger partial charge is 0.492 e. The summed E-state index contributed by atoms with van der Waals surface area (Å²) in [6, 6.07) is 11.1. The van der Waals surface area contributed by atoms with Crippen molar-refractivity contribution in [3.8, 4) is 5.75 Å². The van der Waals surface area contributed by atoms with Crippen molar-refractivity contribution >= 4 is 23.3 Å². The molecule has 2 aromatic rings. The molecule has 1 aromatic carbocycles. The van der Waals surface area contributed by atoms with Crippen molar-refractivity contribution in [2.45, 2.75) is 19.3 Å². The Labute approximate surface area is 159 Å². The fourth-order valence-electron chi connectivity index (χ4n) is 3.11. The van der Waals surface area contributed by atoms with Crippen molar-refractivity contribution in [2.24, 2.45) is 0 Å². The van der Waals surface area contributed by atoms with Gasteiger partial charge in [-0.3, -0.25) is 4.79 Å². The van der Waals surface area contributed by atoms with Crippen molar-refractivity contribution < 1.29 is 9.53 Å². The van der Waals surface area contributed by atoms with Gasteiger partial charge < -0.3 is 14.5 Å². The van der Waals surface area contributed by atoms with Gasteiger partial charge in [0.25, 0.3) is 5.91 Å². The first-order valence-electron chi connectivity index (χ1n) is 8.99. The Morgan fingerprint density at radius 1 is 1.23 bits per heavy atom. The van der Waals surface area contributed by atoms with Crippen LogP contribution in [0.4, 0.5) is 5.82 Å². The predicted molar refractivity (Wildman–Crippen MR) is 104 cm³/mol. The lowest BCUT2D eigenvalue weighted by Crippen LogP contribution is -2.31.